The lowest BCUT2D eigenvalue weighted by molar-refractivity contribution is -0.141. The Bertz CT molecular complexity index is 5510. The zero-order chi connectivity index (χ0) is 78.4. The number of hydrogen-bond donors (Lipinski definition) is 4. The first-order valence-corrected chi connectivity index (χ1v) is 40.6. The first-order valence-electron chi connectivity index (χ1n) is 39.1. The van der Waals surface area contributed by atoms with Crippen LogP contribution in [0.5, 0.6) is 5.88 Å². The van der Waals surface area contributed by atoms with E-state index in [2.05, 4.69) is 68.2 Å². The van der Waals surface area contributed by atoms with E-state index in [1.807, 2.05) is 61.0 Å². The second kappa shape index (κ2) is 31.4. The first kappa shape index (κ1) is 77.3. The van der Waals surface area contributed by atoms with Crippen LogP contribution in [-0.4, -0.2) is 163 Å². The number of aliphatic hydroxyl groups excluding tert-OH is 2. The van der Waals surface area contributed by atoms with Crippen LogP contribution in [0.25, 0.3) is 44.3 Å². The van der Waals surface area contributed by atoms with E-state index in [1.54, 1.807) is 75.6 Å². The van der Waals surface area contributed by atoms with E-state index in [0.29, 0.717) is 81.0 Å². The average molecular weight is 1620 g/mol. The maximum Gasteiger partial charge on any atom is 0.433 e. The quantitative estimate of drug-likeness (QED) is 0.0839. The third kappa shape index (κ3) is 15.0. The van der Waals surface area contributed by atoms with Crippen molar-refractivity contribution in [3.8, 4) is 5.88 Å². The molecule has 0 saturated carbocycles. The molecule has 12 aromatic heterocycles. The van der Waals surface area contributed by atoms with Crippen LogP contribution in [-0.2, 0) is 69.2 Å². The van der Waals surface area contributed by atoms with Gasteiger partial charge in [0, 0.05) is 187 Å². The summed E-state index contributed by atoms with van der Waals surface area (Å²) in [5, 5.41) is 49.8. The standard InChI is InChI=1S/C22H22ClF3N4O.C22H25ClN4O2.C20H20Cl2N4O.C20H23N5O/c1-21(31,13-4-5-18(27-10-13)22(24,25)26)12-30-17-6-8-29-7-2-3-16(29)19(17)15-9-14(23)11-28-20(15)30;1-22(28,14-5-6-19(29-2)24-11-14)13-27-18-7-9-26-8-3-4-17(26)20(18)16-10-15(23)12-25-21(16)27;21-12-3-4-15(23-9-12)18(27)11-26-17-5-7-25-6-1-2-16(25)19(17)14-8-13(22)10-24-20(14)26;1-13-11-22-20-19(23-13)18-15-3-2-9-24(15)10-6-16(18)25(20)12-17(26)14-4-7-21-8-5-14/h4-5,9-11,16,31H,2-3,6-8,12H2,1H3;5-6,10-12,17,28H,3-4,7-9,13H2,1-2H3;3-4,8-10,16,18,27H,1-2,5-7,11H2;4-5,7-8,11,15,17,26H,2-3,6,9-10,12H2,1H3. The highest BCUT2D eigenvalue weighted by molar-refractivity contribution is 6.32. The number of pyridine rings is 7. The van der Waals surface area contributed by atoms with Crippen LogP contribution < -0.4 is 4.74 Å². The number of aryl methyl sites for hydroxylation is 1. The fourth-order valence-corrected chi connectivity index (χ4v) is 19.8. The molecule has 0 radical (unpaired) electrons. The van der Waals surface area contributed by atoms with Crippen LogP contribution in [0.1, 0.15) is 180 Å². The fourth-order valence-electron chi connectivity index (χ4n) is 19.3. The van der Waals surface area contributed by atoms with Crippen molar-refractivity contribution in [1.82, 2.24) is 82.7 Å². The van der Waals surface area contributed by atoms with Crippen molar-refractivity contribution >= 4 is 90.7 Å². The van der Waals surface area contributed by atoms with Gasteiger partial charge in [-0.25, -0.2) is 29.9 Å². The van der Waals surface area contributed by atoms with E-state index in [-0.39, 0.29) is 6.54 Å². The highest BCUT2D eigenvalue weighted by atomic mass is 35.5. The van der Waals surface area contributed by atoms with Crippen LogP contribution in [0.3, 0.4) is 0 Å². The van der Waals surface area contributed by atoms with E-state index in [1.165, 1.54) is 84.1 Å². The van der Waals surface area contributed by atoms with Gasteiger partial charge in [0.2, 0.25) is 5.88 Å². The number of rotatable bonds is 13. The molecule has 0 amide bonds. The molecule has 20 heterocycles. The Morgan fingerprint density at radius 2 is 0.894 bits per heavy atom. The number of aromatic nitrogens is 13. The molecule has 29 heteroatoms. The van der Waals surface area contributed by atoms with Crippen molar-refractivity contribution < 1.29 is 38.3 Å². The lowest BCUT2D eigenvalue weighted by atomic mass is 9.95. The number of hydrogen-bond acceptors (Lipinski definition) is 18. The van der Waals surface area contributed by atoms with Crippen LogP contribution in [0.2, 0.25) is 20.1 Å². The second-order valence-electron chi connectivity index (χ2n) is 31.6. The Labute approximate surface area is 672 Å². The van der Waals surface area contributed by atoms with Gasteiger partial charge < -0.3 is 43.4 Å². The number of ether oxygens (including phenoxy) is 1. The second-order valence-corrected chi connectivity index (χ2v) is 33.4. The summed E-state index contributed by atoms with van der Waals surface area (Å²) in [6.07, 6.45) is 21.9. The number of alkyl halides is 3. The third-order valence-electron chi connectivity index (χ3n) is 24.5. The molecule has 113 heavy (non-hydrogen) atoms. The fraction of sp³-hybridized carbons (Fsp3) is 0.440. The monoisotopic (exact) mass is 1610 g/mol. The maximum absolute atomic E-state index is 12.9. The largest absolute Gasteiger partial charge is 0.481 e. The van der Waals surface area contributed by atoms with Crippen molar-refractivity contribution in [1.29, 1.82) is 0 Å². The van der Waals surface area contributed by atoms with Crippen molar-refractivity contribution in [2.24, 2.45) is 0 Å². The summed E-state index contributed by atoms with van der Waals surface area (Å²) in [6, 6.07) is 20.7. The average Bonchev–Trinajstić information content (AvgIpc) is 1.60. The highest BCUT2D eigenvalue weighted by Crippen LogP contribution is 2.49. The van der Waals surface area contributed by atoms with Gasteiger partial charge in [0.25, 0.3) is 0 Å². The van der Waals surface area contributed by atoms with Crippen LogP contribution in [0.15, 0.2) is 123 Å². The molecule has 0 aliphatic carbocycles. The first-order chi connectivity index (χ1) is 54.5. The van der Waals surface area contributed by atoms with Gasteiger partial charge in [-0.05, 0) is 175 Å². The zero-order valence-electron chi connectivity index (χ0n) is 63.4. The van der Waals surface area contributed by atoms with Gasteiger partial charge in [0.1, 0.15) is 45.5 Å². The van der Waals surface area contributed by atoms with E-state index in [4.69, 9.17) is 61.1 Å². The number of halogens is 7. The maximum atomic E-state index is 12.9. The molecule has 8 aliphatic rings. The van der Waals surface area contributed by atoms with Gasteiger partial charge in [-0.1, -0.05) is 52.5 Å². The Hall–Kier alpha value is -8.28. The van der Waals surface area contributed by atoms with Gasteiger partial charge in [-0.15, -0.1) is 0 Å². The zero-order valence-corrected chi connectivity index (χ0v) is 66.5. The van der Waals surface area contributed by atoms with Gasteiger partial charge in [0.05, 0.1) is 77.1 Å². The molecular formula is C84H90Cl4F3N17O5. The molecule has 0 bridgehead atoms. The Balaban J connectivity index is 0.000000109. The molecule has 4 N–H and O–H groups in total. The summed E-state index contributed by atoms with van der Waals surface area (Å²) in [5.41, 5.74) is 14.7. The van der Waals surface area contributed by atoms with E-state index in [9.17, 15) is 33.6 Å². The van der Waals surface area contributed by atoms with Crippen molar-refractivity contribution in [2.75, 3.05) is 59.5 Å². The molecule has 8 atom stereocenters. The Morgan fingerprint density at radius 3 is 1.34 bits per heavy atom. The topological polar surface area (TPSA) is 239 Å². The number of fused-ring (bicyclic) bond motifs is 20. The molecule has 0 aromatic carbocycles. The predicted molar refractivity (Wildman–Crippen MR) is 428 cm³/mol. The minimum absolute atomic E-state index is 0.160. The lowest BCUT2D eigenvalue weighted by Crippen LogP contribution is -2.33. The van der Waals surface area contributed by atoms with Crippen molar-refractivity contribution in [3.63, 3.8) is 0 Å². The van der Waals surface area contributed by atoms with E-state index in [0.717, 1.165) is 170 Å². The molecule has 590 valence electrons. The summed E-state index contributed by atoms with van der Waals surface area (Å²) >= 11 is 24.8. The minimum Gasteiger partial charge on any atom is -0.481 e. The van der Waals surface area contributed by atoms with Crippen LogP contribution in [0.4, 0.5) is 13.2 Å². The smallest absolute Gasteiger partial charge is 0.433 e. The molecule has 12 aromatic rings. The van der Waals surface area contributed by atoms with Crippen molar-refractivity contribution in [2.45, 2.75) is 178 Å². The molecule has 4 saturated heterocycles. The number of aliphatic hydroxyl groups is 4. The summed E-state index contributed by atoms with van der Waals surface area (Å²) in [4.78, 5) is 49.7. The van der Waals surface area contributed by atoms with E-state index >= 15 is 0 Å². The summed E-state index contributed by atoms with van der Waals surface area (Å²) < 4.78 is 52.3. The molecule has 8 aliphatic heterocycles. The Kier molecular flexibility index (Phi) is 21.5. The molecule has 8 unspecified atom stereocenters. The van der Waals surface area contributed by atoms with Gasteiger partial charge in [0.15, 0.2) is 5.65 Å². The van der Waals surface area contributed by atoms with E-state index < -0.39 is 35.3 Å². The molecule has 4 fully saturated rings. The van der Waals surface area contributed by atoms with Crippen LogP contribution >= 0.6 is 46.4 Å². The molecular weight excluding hydrogens is 1530 g/mol. The minimum atomic E-state index is -4.52. The van der Waals surface area contributed by atoms with Gasteiger partial charge >= 0.3 is 6.18 Å². The molecule has 22 nitrogen and oxygen atoms in total. The van der Waals surface area contributed by atoms with Crippen LogP contribution in [0, 0.1) is 6.92 Å². The highest BCUT2D eigenvalue weighted by Gasteiger charge is 2.43. The molecule has 20 rings (SSSR count). The summed E-state index contributed by atoms with van der Waals surface area (Å²) in [7, 11) is 1.58. The number of methoxy groups -OCH3 is 1. The predicted octanol–water partition coefficient (Wildman–Crippen LogP) is 15.1. The third-order valence-corrected chi connectivity index (χ3v) is 25.3. The summed E-state index contributed by atoms with van der Waals surface area (Å²) in [5.74, 6) is 0.533. The SMILES string of the molecule is CC(O)(Cn1c2c(c3cc(Cl)cnc31)C1CCCN1CC2)c1ccc(C(F)(F)F)nc1.COc1ccc(C(C)(O)Cn2c3c(c4cc(Cl)cnc42)C2CCCN2CC3)cn1.Cc1cnc2c(n1)c1c(n2CC(O)c2ccncc2)CCN2CCCC12.OC(Cn1c2c(c3cc(Cl)cnc31)C1CCCN1CC2)c1ccc(Cl)cn1. The Morgan fingerprint density at radius 1 is 0.469 bits per heavy atom. The normalized spacial score (nSPS) is 20.9. The van der Waals surface area contributed by atoms with Gasteiger partial charge in [-0.3, -0.25) is 34.6 Å². The van der Waals surface area contributed by atoms with Crippen molar-refractivity contribution in [3.05, 3.63) is 221 Å². The number of nitrogens with zero attached hydrogens (tertiary/aromatic N) is 17. The summed E-state index contributed by atoms with van der Waals surface area (Å²) in [6.45, 7) is 15.6. The molecule has 0 spiro atoms. The lowest BCUT2D eigenvalue weighted by Gasteiger charge is -2.32. The van der Waals surface area contributed by atoms with Gasteiger partial charge in [-0.2, -0.15) is 13.2 Å².